The SMILES string of the molecule is Cc1cccc(-c2ccc(-c3cnc(-c4ccc(C[C@H](CC(=O)c5ccc(C(C)(C)C)s5)C(=O)N[C@H](C)C(=O)O)cc4)nc3)cc2)c1. The van der Waals surface area contributed by atoms with E-state index in [2.05, 4.69) is 91.5 Å². The third kappa shape index (κ3) is 8.45. The van der Waals surface area contributed by atoms with E-state index in [9.17, 15) is 19.5 Å². The molecule has 2 N–H and O–H groups in total. The number of amides is 1. The molecule has 0 bridgehead atoms. The van der Waals surface area contributed by atoms with Gasteiger partial charge in [-0.2, -0.15) is 0 Å². The van der Waals surface area contributed by atoms with Crippen LogP contribution >= 0.6 is 11.3 Å². The third-order valence-electron chi connectivity index (χ3n) is 8.07. The zero-order chi connectivity index (χ0) is 33.7. The minimum atomic E-state index is -1.13. The number of nitrogens with zero attached hydrogens (tertiary/aromatic N) is 2. The number of carbonyl (C=O) groups excluding carboxylic acids is 2. The van der Waals surface area contributed by atoms with E-state index in [4.69, 9.17) is 0 Å². The molecule has 0 saturated carbocycles. The number of rotatable bonds is 11. The summed E-state index contributed by atoms with van der Waals surface area (Å²) < 4.78 is 0. The molecule has 3 aromatic carbocycles. The Morgan fingerprint density at radius 2 is 1.43 bits per heavy atom. The number of aliphatic carboxylic acids is 1. The van der Waals surface area contributed by atoms with Crippen LogP contribution < -0.4 is 5.32 Å². The molecule has 5 aromatic rings. The van der Waals surface area contributed by atoms with Crippen LogP contribution in [0, 0.1) is 12.8 Å². The van der Waals surface area contributed by atoms with Gasteiger partial charge < -0.3 is 10.4 Å². The van der Waals surface area contributed by atoms with Gasteiger partial charge >= 0.3 is 5.97 Å². The highest BCUT2D eigenvalue weighted by atomic mass is 32.1. The lowest BCUT2D eigenvalue weighted by atomic mass is 9.92. The van der Waals surface area contributed by atoms with Crippen molar-refractivity contribution in [3.63, 3.8) is 0 Å². The van der Waals surface area contributed by atoms with Gasteiger partial charge in [-0.1, -0.05) is 99.1 Å². The molecule has 0 saturated heterocycles. The van der Waals surface area contributed by atoms with E-state index in [1.54, 1.807) is 0 Å². The number of benzene rings is 3. The Morgan fingerprint density at radius 3 is 2.00 bits per heavy atom. The molecule has 8 heteroatoms. The van der Waals surface area contributed by atoms with Crippen LogP contribution in [0.4, 0.5) is 0 Å². The first-order valence-corrected chi connectivity index (χ1v) is 16.4. The Morgan fingerprint density at radius 1 is 0.809 bits per heavy atom. The number of hydrogen-bond donors (Lipinski definition) is 2. The van der Waals surface area contributed by atoms with Crippen LogP contribution in [-0.2, 0) is 21.4 Å². The molecule has 7 nitrogen and oxygen atoms in total. The Balaban J connectivity index is 1.28. The van der Waals surface area contributed by atoms with Gasteiger partial charge in [0.25, 0.3) is 0 Å². The molecule has 2 aromatic heterocycles. The molecule has 0 aliphatic heterocycles. The second-order valence-corrected chi connectivity index (χ2v) is 14.0. The van der Waals surface area contributed by atoms with Crippen molar-refractivity contribution in [3.05, 3.63) is 118 Å². The number of carbonyl (C=O) groups is 3. The number of aryl methyl sites for hydroxylation is 1. The van der Waals surface area contributed by atoms with Crippen molar-refractivity contribution in [2.75, 3.05) is 0 Å². The summed E-state index contributed by atoms with van der Waals surface area (Å²) in [5.74, 6) is -1.89. The molecule has 1 amide bonds. The number of hydrogen-bond acceptors (Lipinski definition) is 6. The van der Waals surface area contributed by atoms with Gasteiger partial charge in [0.15, 0.2) is 11.6 Å². The molecule has 0 radical (unpaired) electrons. The second kappa shape index (κ2) is 14.2. The molecule has 240 valence electrons. The largest absolute Gasteiger partial charge is 0.480 e. The third-order valence-corrected chi connectivity index (χ3v) is 9.62. The fraction of sp³-hybridized carbons (Fsp3) is 0.256. The number of carboxylic acids is 1. The predicted octanol–water partition coefficient (Wildman–Crippen LogP) is 8.17. The average Bonchev–Trinajstić information content (AvgIpc) is 3.57. The van der Waals surface area contributed by atoms with Crippen molar-refractivity contribution in [3.8, 4) is 33.6 Å². The summed E-state index contributed by atoms with van der Waals surface area (Å²) in [5.41, 5.74) is 7.06. The van der Waals surface area contributed by atoms with Crippen molar-refractivity contribution < 1.29 is 19.5 Å². The van der Waals surface area contributed by atoms with Gasteiger partial charge in [-0.05, 0) is 60.1 Å². The first-order chi connectivity index (χ1) is 22.4. The number of ketones is 1. The second-order valence-electron chi connectivity index (χ2n) is 12.9. The smallest absolute Gasteiger partial charge is 0.325 e. The molecule has 0 unspecified atom stereocenters. The molecule has 47 heavy (non-hydrogen) atoms. The van der Waals surface area contributed by atoms with Crippen LogP contribution in [0.5, 0.6) is 0 Å². The highest BCUT2D eigenvalue weighted by Gasteiger charge is 2.27. The molecular weight excluding hydrogens is 607 g/mol. The molecule has 5 rings (SSSR count). The summed E-state index contributed by atoms with van der Waals surface area (Å²) in [5, 5.41) is 11.9. The normalized spacial score (nSPS) is 12.7. The number of nitrogens with one attached hydrogen (secondary N) is 1. The van der Waals surface area contributed by atoms with E-state index in [1.165, 1.54) is 29.4 Å². The predicted molar refractivity (Wildman–Crippen MR) is 187 cm³/mol. The van der Waals surface area contributed by atoms with Gasteiger partial charge in [-0.15, -0.1) is 11.3 Å². The minimum Gasteiger partial charge on any atom is -0.480 e. The topological polar surface area (TPSA) is 109 Å². The van der Waals surface area contributed by atoms with E-state index >= 15 is 0 Å². The van der Waals surface area contributed by atoms with Crippen LogP contribution in [0.1, 0.15) is 59.8 Å². The van der Waals surface area contributed by atoms with Crippen molar-refractivity contribution in [2.45, 2.75) is 58.9 Å². The number of carboxylic acid groups (broad SMARTS) is 1. The van der Waals surface area contributed by atoms with Crippen molar-refractivity contribution in [1.29, 1.82) is 0 Å². The molecule has 2 atom stereocenters. The van der Waals surface area contributed by atoms with Crippen LogP contribution in [-0.4, -0.2) is 38.8 Å². The maximum absolute atomic E-state index is 13.3. The summed E-state index contributed by atoms with van der Waals surface area (Å²) in [7, 11) is 0. The van der Waals surface area contributed by atoms with Crippen molar-refractivity contribution in [2.24, 2.45) is 5.92 Å². The van der Waals surface area contributed by atoms with Gasteiger partial charge in [0.1, 0.15) is 6.04 Å². The maximum atomic E-state index is 13.3. The van der Waals surface area contributed by atoms with Gasteiger partial charge in [-0.3, -0.25) is 14.4 Å². The lowest BCUT2D eigenvalue weighted by Crippen LogP contribution is -2.42. The van der Waals surface area contributed by atoms with E-state index in [0.29, 0.717) is 10.7 Å². The highest BCUT2D eigenvalue weighted by molar-refractivity contribution is 7.14. The van der Waals surface area contributed by atoms with E-state index in [1.807, 2.05) is 48.8 Å². The Hall–Kier alpha value is -4.95. The Bertz CT molecular complexity index is 1870. The molecule has 0 aliphatic carbocycles. The number of aromatic nitrogens is 2. The first kappa shape index (κ1) is 33.4. The number of thiophene rings is 1. The lowest BCUT2D eigenvalue weighted by Gasteiger charge is -2.18. The summed E-state index contributed by atoms with van der Waals surface area (Å²) in [6, 6.07) is 27.0. The first-order valence-electron chi connectivity index (χ1n) is 15.6. The number of Topliss-reactive ketones (excluding diaryl/α,β-unsaturated/α-hetero) is 1. The van der Waals surface area contributed by atoms with E-state index in [-0.39, 0.29) is 24.0 Å². The lowest BCUT2D eigenvalue weighted by molar-refractivity contribution is -0.141. The maximum Gasteiger partial charge on any atom is 0.325 e. The van der Waals surface area contributed by atoms with Gasteiger partial charge in [0.2, 0.25) is 5.91 Å². The Kier molecular flexibility index (Phi) is 10.1. The summed E-state index contributed by atoms with van der Waals surface area (Å²) in [6.45, 7) is 9.76. The monoisotopic (exact) mass is 645 g/mol. The quantitative estimate of drug-likeness (QED) is 0.140. The van der Waals surface area contributed by atoms with Crippen molar-refractivity contribution >= 4 is 29.0 Å². The summed E-state index contributed by atoms with van der Waals surface area (Å²) in [6.07, 6.45) is 3.87. The molecule has 2 heterocycles. The average molecular weight is 646 g/mol. The molecular formula is C39H39N3O4S. The van der Waals surface area contributed by atoms with Crippen LogP contribution in [0.25, 0.3) is 33.6 Å². The standard InChI is InChI=1S/C39H39N3O4S/c1-24-7-6-8-30(19-24)27-13-15-28(16-14-27)32-22-40-36(41-23-32)29-11-9-26(10-12-29)20-31(37(44)42-25(2)38(45)46)21-33(43)34-17-18-35(47-34)39(3,4)5/h6-19,22-23,25,31H,20-21H2,1-5H3,(H,42,44)(H,45,46)/t25-,31-/m1/s1. The van der Waals surface area contributed by atoms with Gasteiger partial charge in [-0.25, -0.2) is 9.97 Å². The zero-order valence-electron chi connectivity index (χ0n) is 27.3. The highest BCUT2D eigenvalue weighted by Crippen LogP contribution is 2.31. The minimum absolute atomic E-state index is 0.0272. The van der Waals surface area contributed by atoms with Crippen LogP contribution in [0.2, 0.25) is 0 Å². The fourth-order valence-electron chi connectivity index (χ4n) is 5.25. The van der Waals surface area contributed by atoms with Gasteiger partial charge in [0.05, 0.1) is 4.88 Å². The Labute approximate surface area is 279 Å². The summed E-state index contributed by atoms with van der Waals surface area (Å²) in [4.78, 5) is 48.8. The van der Waals surface area contributed by atoms with E-state index in [0.717, 1.165) is 32.7 Å². The van der Waals surface area contributed by atoms with E-state index < -0.39 is 23.8 Å². The van der Waals surface area contributed by atoms with Crippen LogP contribution in [0.3, 0.4) is 0 Å². The van der Waals surface area contributed by atoms with Crippen LogP contribution in [0.15, 0.2) is 97.3 Å². The molecule has 0 spiro atoms. The van der Waals surface area contributed by atoms with Gasteiger partial charge in [0, 0.05) is 40.7 Å². The molecule has 0 fully saturated rings. The molecule has 0 aliphatic rings. The zero-order valence-corrected chi connectivity index (χ0v) is 28.1. The fourth-order valence-corrected chi connectivity index (χ4v) is 6.26. The summed E-state index contributed by atoms with van der Waals surface area (Å²) >= 11 is 1.44. The van der Waals surface area contributed by atoms with Crippen molar-refractivity contribution in [1.82, 2.24) is 15.3 Å².